The number of fused-ring (bicyclic) bond motifs is 1. The number of aliphatic hydroxyl groups is 1. The molecular formula is C14H19NO4. The number of benzene rings is 1. The monoisotopic (exact) mass is 265 g/mol. The molecule has 0 saturated heterocycles. The van der Waals surface area contributed by atoms with Gasteiger partial charge >= 0.3 is 0 Å². The lowest BCUT2D eigenvalue weighted by Crippen LogP contribution is -2.24. The molecule has 1 aliphatic heterocycles. The predicted molar refractivity (Wildman–Crippen MR) is 70.4 cm³/mol. The molecule has 0 spiro atoms. The molecule has 5 heteroatoms. The van der Waals surface area contributed by atoms with Crippen molar-refractivity contribution in [2.24, 2.45) is 5.92 Å². The van der Waals surface area contributed by atoms with Gasteiger partial charge in [0.2, 0.25) is 6.79 Å². The molecule has 1 heterocycles. The van der Waals surface area contributed by atoms with Crippen molar-refractivity contribution < 1.29 is 19.4 Å². The lowest BCUT2D eigenvalue weighted by Gasteiger charge is -2.08. The number of carbonyl (C=O) groups is 1. The number of hydrogen-bond donors (Lipinski definition) is 2. The topological polar surface area (TPSA) is 67.8 Å². The fourth-order valence-electron chi connectivity index (χ4n) is 1.88. The molecule has 1 atom stereocenters. The molecule has 104 valence electrons. The van der Waals surface area contributed by atoms with E-state index in [9.17, 15) is 4.79 Å². The quantitative estimate of drug-likeness (QED) is 0.766. The van der Waals surface area contributed by atoms with Crippen molar-refractivity contribution in [1.29, 1.82) is 0 Å². The summed E-state index contributed by atoms with van der Waals surface area (Å²) in [5.41, 5.74) is 0.569. The van der Waals surface area contributed by atoms with E-state index in [1.807, 2.05) is 6.92 Å². The van der Waals surface area contributed by atoms with Gasteiger partial charge in [-0.1, -0.05) is 6.92 Å². The third kappa shape index (κ3) is 3.61. The van der Waals surface area contributed by atoms with Crippen molar-refractivity contribution in [2.75, 3.05) is 19.9 Å². The molecule has 0 aliphatic carbocycles. The van der Waals surface area contributed by atoms with Gasteiger partial charge in [0.15, 0.2) is 11.5 Å². The second kappa shape index (κ2) is 6.43. The van der Waals surface area contributed by atoms with Crippen LogP contribution >= 0.6 is 0 Å². The minimum Gasteiger partial charge on any atom is -0.454 e. The van der Waals surface area contributed by atoms with Crippen LogP contribution in [0, 0.1) is 5.92 Å². The highest BCUT2D eigenvalue weighted by Gasteiger charge is 2.15. The van der Waals surface area contributed by atoms with E-state index in [2.05, 4.69) is 5.32 Å². The van der Waals surface area contributed by atoms with Gasteiger partial charge in [-0.2, -0.15) is 0 Å². The fourth-order valence-corrected chi connectivity index (χ4v) is 1.88. The van der Waals surface area contributed by atoms with Crippen molar-refractivity contribution in [3.8, 4) is 11.5 Å². The Morgan fingerprint density at radius 3 is 3.00 bits per heavy atom. The number of aliphatic hydroxyl groups excluding tert-OH is 1. The maximum atomic E-state index is 11.9. The average molecular weight is 265 g/mol. The molecule has 1 amide bonds. The highest BCUT2D eigenvalue weighted by atomic mass is 16.7. The van der Waals surface area contributed by atoms with Crippen molar-refractivity contribution in [3.05, 3.63) is 23.8 Å². The van der Waals surface area contributed by atoms with Gasteiger partial charge in [-0.25, -0.2) is 0 Å². The first-order valence-electron chi connectivity index (χ1n) is 6.49. The molecule has 1 aliphatic rings. The van der Waals surface area contributed by atoms with E-state index < -0.39 is 0 Å². The van der Waals surface area contributed by atoms with Gasteiger partial charge in [-0.15, -0.1) is 0 Å². The number of hydrogen-bond acceptors (Lipinski definition) is 4. The second-order valence-corrected chi connectivity index (χ2v) is 4.75. The highest BCUT2D eigenvalue weighted by molar-refractivity contribution is 5.94. The van der Waals surface area contributed by atoms with Crippen LogP contribution in [0.5, 0.6) is 11.5 Å². The number of amides is 1. The first kappa shape index (κ1) is 13.7. The van der Waals surface area contributed by atoms with E-state index in [0.29, 0.717) is 23.6 Å². The van der Waals surface area contributed by atoms with Gasteiger partial charge < -0.3 is 19.9 Å². The fraction of sp³-hybridized carbons (Fsp3) is 0.500. The van der Waals surface area contributed by atoms with E-state index in [1.165, 1.54) is 0 Å². The normalized spacial score (nSPS) is 14.2. The largest absolute Gasteiger partial charge is 0.454 e. The van der Waals surface area contributed by atoms with Crippen LogP contribution in [0.1, 0.15) is 30.1 Å². The zero-order valence-corrected chi connectivity index (χ0v) is 11.0. The summed E-state index contributed by atoms with van der Waals surface area (Å²) in [6.45, 7) is 2.99. The summed E-state index contributed by atoms with van der Waals surface area (Å²) < 4.78 is 10.4. The van der Waals surface area contributed by atoms with E-state index >= 15 is 0 Å². The van der Waals surface area contributed by atoms with Crippen molar-refractivity contribution in [3.63, 3.8) is 0 Å². The zero-order chi connectivity index (χ0) is 13.7. The summed E-state index contributed by atoms with van der Waals surface area (Å²) in [5, 5.41) is 11.8. The molecule has 1 aromatic rings. The molecule has 0 bridgehead atoms. The Balaban J connectivity index is 1.80. The highest BCUT2D eigenvalue weighted by Crippen LogP contribution is 2.32. The number of ether oxygens (including phenoxy) is 2. The molecular weight excluding hydrogens is 246 g/mol. The van der Waals surface area contributed by atoms with E-state index in [1.54, 1.807) is 18.2 Å². The third-order valence-electron chi connectivity index (χ3n) is 3.11. The molecule has 5 nitrogen and oxygen atoms in total. The molecule has 0 aromatic heterocycles. The third-order valence-corrected chi connectivity index (χ3v) is 3.11. The van der Waals surface area contributed by atoms with Crippen molar-refractivity contribution >= 4 is 5.91 Å². The van der Waals surface area contributed by atoms with Crippen molar-refractivity contribution in [2.45, 2.75) is 19.8 Å². The van der Waals surface area contributed by atoms with Crippen LogP contribution in [-0.2, 0) is 0 Å². The Bertz CT molecular complexity index is 447. The number of carbonyl (C=O) groups excluding carboxylic acids is 1. The lowest BCUT2D eigenvalue weighted by atomic mass is 10.1. The SMILES string of the molecule is CC(CO)CCCNC(=O)c1ccc2c(c1)OCO2. The Morgan fingerprint density at radius 1 is 1.42 bits per heavy atom. The maximum absolute atomic E-state index is 11.9. The minimum absolute atomic E-state index is 0.116. The molecule has 19 heavy (non-hydrogen) atoms. The predicted octanol–water partition coefficient (Wildman–Crippen LogP) is 1.55. The Labute approximate surface area is 112 Å². The summed E-state index contributed by atoms with van der Waals surface area (Å²) in [6, 6.07) is 5.15. The van der Waals surface area contributed by atoms with Gasteiger partial charge in [0.05, 0.1) is 0 Å². The number of rotatable bonds is 6. The molecule has 2 N–H and O–H groups in total. The van der Waals surface area contributed by atoms with Gasteiger partial charge in [0.25, 0.3) is 5.91 Å². The molecule has 0 saturated carbocycles. The zero-order valence-electron chi connectivity index (χ0n) is 11.0. The first-order chi connectivity index (χ1) is 9.20. The summed E-state index contributed by atoms with van der Waals surface area (Å²) in [5.74, 6) is 1.45. The van der Waals surface area contributed by atoms with Gasteiger partial charge in [0.1, 0.15) is 0 Å². The van der Waals surface area contributed by atoms with Crippen LogP contribution in [0.3, 0.4) is 0 Å². The maximum Gasteiger partial charge on any atom is 0.251 e. The standard InChI is InChI=1S/C14H19NO4/c1-10(8-16)3-2-6-15-14(17)11-4-5-12-13(7-11)19-9-18-12/h4-5,7,10,16H,2-3,6,8-9H2,1H3,(H,15,17). The van der Waals surface area contributed by atoms with Crippen LogP contribution in [0.4, 0.5) is 0 Å². The Morgan fingerprint density at radius 2 is 2.21 bits per heavy atom. The molecule has 1 unspecified atom stereocenters. The molecule has 0 radical (unpaired) electrons. The van der Waals surface area contributed by atoms with Gasteiger partial charge in [-0.05, 0) is 37.0 Å². The van der Waals surface area contributed by atoms with E-state index in [0.717, 1.165) is 12.8 Å². The Kier molecular flexibility index (Phi) is 4.63. The van der Waals surface area contributed by atoms with Gasteiger partial charge in [0, 0.05) is 18.7 Å². The van der Waals surface area contributed by atoms with Crippen LogP contribution in [0.25, 0.3) is 0 Å². The molecule has 0 fully saturated rings. The number of nitrogens with one attached hydrogen (secondary N) is 1. The van der Waals surface area contributed by atoms with Crippen LogP contribution in [0.2, 0.25) is 0 Å². The summed E-state index contributed by atoms with van der Waals surface area (Å²) in [6.07, 6.45) is 1.76. The van der Waals surface area contributed by atoms with E-state index in [-0.39, 0.29) is 25.2 Å². The van der Waals surface area contributed by atoms with Crippen molar-refractivity contribution in [1.82, 2.24) is 5.32 Å². The smallest absolute Gasteiger partial charge is 0.251 e. The summed E-state index contributed by atoms with van der Waals surface area (Å²) in [4.78, 5) is 11.9. The summed E-state index contributed by atoms with van der Waals surface area (Å²) >= 11 is 0. The molecule has 1 aromatic carbocycles. The van der Waals surface area contributed by atoms with Crippen LogP contribution in [-0.4, -0.2) is 31.0 Å². The van der Waals surface area contributed by atoms with Crippen LogP contribution < -0.4 is 14.8 Å². The second-order valence-electron chi connectivity index (χ2n) is 4.75. The van der Waals surface area contributed by atoms with Crippen LogP contribution in [0.15, 0.2) is 18.2 Å². The average Bonchev–Trinajstić information content (AvgIpc) is 2.90. The molecule has 2 rings (SSSR count). The first-order valence-corrected chi connectivity index (χ1v) is 6.49. The van der Waals surface area contributed by atoms with Gasteiger partial charge in [-0.3, -0.25) is 4.79 Å². The Hall–Kier alpha value is -1.75. The summed E-state index contributed by atoms with van der Waals surface area (Å²) in [7, 11) is 0. The lowest BCUT2D eigenvalue weighted by molar-refractivity contribution is 0.0951. The minimum atomic E-state index is -0.116. The van der Waals surface area contributed by atoms with E-state index in [4.69, 9.17) is 14.6 Å².